The van der Waals surface area contributed by atoms with Crippen molar-refractivity contribution >= 4 is 29.0 Å². The number of fused-ring (bicyclic) bond motifs is 1. The number of carbonyl (C=O) groups is 1. The molecule has 2 aromatic rings. The highest BCUT2D eigenvalue weighted by atomic mass is 35.5. The number of carbonyl (C=O) groups excluding carboxylic acids is 1. The predicted octanol–water partition coefficient (Wildman–Crippen LogP) is 4.42. The normalized spacial score (nSPS) is 14.1. The number of phenols is 1. The van der Waals surface area contributed by atoms with Crippen LogP contribution < -0.4 is 10.2 Å². The van der Waals surface area contributed by atoms with Gasteiger partial charge in [-0.3, -0.25) is 4.90 Å². The van der Waals surface area contributed by atoms with Gasteiger partial charge in [0.2, 0.25) is 0 Å². The van der Waals surface area contributed by atoms with Crippen molar-refractivity contribution < 1.29 is 9.90 Å². The third-order valence-electron chi connectivity index (χ3n) is 3.80. The van der Waals surface area contributed by atoms with Crippen LogP contribution in [0.1, 0.15) is 18.4 Å². The van der Waals surface area contributed by atoms with Crippen LogP contribution in [0.4, 0.5) is 16.2 Å². The van der Waals surface area contributed by atoms with E-state index in [-0.39, 0.29) is 11.8 Å². The summed E-state index contributed by atoms with van der Waals surface area (Å²) in [5.74, 6) is 0.0723. The van der Waals surface area contributed by atoms with Gasteiger partial charge < -0.3 is 10.4 Å². The maximum absolute atomic E-state index is 12.6. The molecule has 0 fully saturated rings. The number of phenolic OH excluding ortho intramolecular Hbond substituents is 1. The zero-order chi connectivity index (χ0) is 15.5. The number of nitrogens with zero attached hydrogens (tertiary/aromatic N) is 1. The van der Waals surface area contributed by atoms with Crippen molar-refractivity contribution in [3.63, 3.8) is 0 Å². The quantitative estimate of drug-likeness (QED) is 0.765. The highest BCUT2D eigenvalue weighted by molar-refractivity contribution is 6.34. The Bertz CT molecular complexity index is 703. The number of benzene rings is 2. The Hall–Kier alpha value is -2.20. The van der Waals surface area contributed by atoms with Gasteiger partial charge in [-0.15, -0.1) is 0 Å². The number of halogens is 1. The molecule has 0 aliphatic carbocycles. The third-order valence-corrected chi connectivity index (χ3v) is 4.11. The number of urea groups is 1. The fourth-order valence-corrected chi connectivity index (χ4v) is 2.91. The van der Waals surface area contributed by atoms with Gasteiger partial charge in [0.25, 0.3) is 0 Å². The van der Waals surface area contributed by atoms with Gasteiger partial charge in [-0.1, -0.05) is 29.8 Å². The number of para-hydroxylation sites is 1. The van der Waals surface area contributed by atoms with Crippen molar-refractivity contribution in [2.24, 2.45) is 0 Å². The minimum Gasteiger partial charge on any atom is -0.508 e. The van der Waals surface area contributed by atoms with Crippen molar-refractivity contribution in [2.75, 3.05) is 16.8 Å². The van der Waals surface area contributed by atoms with E-state index in [4.69, 9.17) is 11.6 Å². The number of hydrogen-bond donors (Lipinski definition) is 2. The van der Waals surface area contributed by atoms with Crippen molar-refractivity contribution in [3.05, 3.63) is 53.1 Å². The van der Waals surface area contributed by atoms with E-state index in [1.807, 2.05) is 18.2 Å². The van der Waals surface area contributed by atoms with Gasteiger partial charge in [0, 0.05) is 18.3 Å². The van der Waals surface area contributed by atoms with Gasteiger partial charge in [0.1, 0.15) is 5.75 Å². The Balaban J connectivity index is 1.85. The molecule has 1 heterocycles. The highest BCUT2D eigenvalue weighted by Gasteiger charge is 2.21. The van der Waals surface area contributed by atoms with E-state index < -0.39 is 0 Å². The molecule has 2 aromatic carbocycles. The highest BCUT2D eigenvalue weighted by Crippen LogP contribution is 2.29. The number of aromatic hydroxyl groups is 1. The van der Waals surface area contributed by atoms with Crippen molar-refractivity contribution in [3.8, 4) is 5.75 Å². The maximum Gasteiger partial charge on any atom is 0.326 e. The molecule has 5 heteroatoms. The van der Waals surface area contributed by atoms with Gasteiger partial charge in [0.05, 0.1) is 10.7 Å². The molecule has 0 spiro atoms. The Morgan fingerprint density at radius 2 is 2.00 bits per heavy atom. The van der Waals surface area contributed by atoms with Crippen LogP contribution in [0.5, 0.6) is 5.75 Å². The van der Waals surface area contributed by atoms with Gasteiger partial charge in [0.15, 0.2) is 0 Å². The molecular formula is C17H17ClN2O2. The molecule has 4 nitrogen and oxygen atoms in total. The Morgan fingerprint density at radius 3 is 2.82 bits per heavy atom. The summed E-state index contributed by atoms with van der Waals surface area (Å²) in [7, 11) is 0. The molecule has 0 saturated heterocycles. The fourth-order valence-electron chi connectivity index (χ4n) is 2.69. The van der Waals surface area contributed by atoms with Crippen LogP contribution in [-0.4, -0.2) is 17.7 Å². The first-order chi connectivity index (χ1) is 10.6. The first-order valence-electron chi connectivity index (χ1n) is 7.30. The lowest BCUT2D eigenvalue weighted by Crippen LogP contribution is -2.35. The number of anilines is 2. The maximum atomic E-state index is 12.6. The lowest BCUT2D eigenvalue weighted by atomic mass is 10.1. The summed E-state index contributed by atoms with van der Waals surface area (Å²) in [4.78, 5) is 14.4. The summed E-state index contributed by atoms with van der Waals surface area (Å²) in [6, 6.07) is 12.3. The van der Waals surface area contributed by atoms with E-state index >= 15 is 0 Å². The smallest absolute Gasteiger partial charge is 0.326 e. The first kappa shape index (κ1) is 14.7. The molecule has 0 bridgehead atoms. The van der Waals surface area contributed by atoms with Crippen LogP contribution in [0.25, 0.3) is 0 Å². The summed E-state index contributed by atoms with van der Waals surface area (Å²) >= 11 is 6.05. The lowest BCUT2D eigenvalue weighted by molar-refractivity contribution is 0.257. The number of nitrogens with one attached hydrogen (secondary N) is 1. The molecule has 1 aliphatic rings. The minimum absolute atomic E-state index is 0.0723. The molecule has 114 valence electrons. The fraction of sp³-hybridized carbons (Fsp3) is 0.235. The SMILES string of the molecule is O=C(Nc1ccc(O)cc1Cl)N1CCCCc2ccccc21. The minimum atomic E-state index is -0.207. The van der Waals surface area contributed by atoms with Crippen LogP contribution in [0.3, 0.4) is 0 Å². The van der Waals surface area contributed by atoms with E-state index in [1.54, 1.807) is 11.0 Å². The summed E-state index contributed by atoms with van der Waals surface area (Å²) in [5, 5.41) is 12.5. The molecule has 0 radical (unpaired) electrons. The standard InChI is InChI=1S/C17H17ClN2O2/c18-14-11-13(21)8-9-15(14)19-17(22)20-10-4-3-6-12-5-1-2-7-16(12)20/h1-2,5,7-9,11,21H,3-4,6,10H2,(H,19,22). The molecule has 3 rings (SSSR count). The second-order valence-electron chi connectivity index (χ2n) is 5.33. The van der Waals surface area contributed by atoms with Crippen LogP contribution in [0.2, 0.25) is 5.02 Å². The Morgan fingerprint density at radius 1 is 1.18 bits per heavy atom. The first-order valence-corrected chi connectivity index (χ1v) is 7.68. The molecule has 2 amide bonds. The van der Waals surface area contributed by atoms with Crippen LogP contribution in [0, 0.1) is 0 Å². The van der Waals surface area contributed by atoms with E-state index in [9.17, 15) is 9.90 Å². The van der Waals surface area contributed by atoms with Gasteiger partial charge >= 0.3 is 6.03 Å². The predicted molar refractivity (Wildman–Crippen MR) is 88.9 cm³/mol. The van der Waals surface area contributed by atoms with Crippen LogP contribution in [0.15, 0.2) is 42.5 Å². The van der Waals surface area contributed by atoms with E-state index in [0.29, 0.717) is 17.3 Å². The Labute approximate surface area is 134 Å². The molecule has 22 heavy (non-hydrogen) atoms. The Kier molecular flexibility index (Phi) is 4.20. The number of rotatable bonds is 1. The molecule has 0 saturated carbocycles. The summed E-state index contributed by atoms with van der Waals surface area (Å²) in [6.45, 7) is 0.679. The molecule has 0 atom stereocenters. The van der Waals surface area contributed by atoms with E-state index in [1.165, 1.54) is 17.7 Å². The zero-order valence-corrected chi connectivity index (χ0v) is 12.8. The molecular weight excluding hydrogens is 300 g/mol. The molecule has 2 N–H and O–H groups in total. The average molecular weight is 317 g/mol. The molecule has 1 aliphatic heterocycles. The third kappa shape index (κ3) is 3.02. The van der Waals surface area contributed by atoms with Crippen LogP contribution in [-0.2, 0) is 6.42 Å². The number of aryl methyl sites for hydroxylation is 1. The summed E-state index contributed by atoms with van der Waals surface area (Å²) in [6.07, 6.45) is 3.02. The van der Waals surface area contributed by atoms with Crippen molar-refractivity contribution in [1.29, 1.82) is 0 Å². The summed E-state index contributed by atoms with van der Waals surface area (Å²) < 4.78 is 0. The second-order valence-corrected chi connectivity index (χ2v) is 5.74. The van der Waals surface area contributed by atoms with Crippen molar-refractivity contribution in [1.82, 2.24) is 0 Å². The lowest BCUT2D eigenvalue weighted by Gasteiger charge is -2.23. The second kappa shape index (κ2) is 6.28. The molecule has 0 unspecified atom stereocenters. The number of amides is 2. The topological polar surface area (TPSA) is 52.6 Å². The summed E-state index contributed by atoms with van der Waals surface area (Å²) in [5.41, 5.74) is 2.63. The van der Waals surface area contributed by atoms with E-state index in [2.05, 4.69) is 11.4 Å². The van der Waals surface area contributed by atoms with Crippen LogP contribution >= 0.6 is 11.6 Å². The monoisotopic (exact) mass is 316 g/mol. The van der Waals surface area contributed by atoms with E-state index in [0.717, 1.165) is 24.9 Å². The van der Waals surface area contributed by atoms with Crippen molar-refractivity contribution in [2.45, 2.75) is 19.3 Å². The van der Waals surface area contributed by atoms with Gasteiger partial charge in [-0.05, 0) is 43.0 Å². The van der Waals surface area contributed by atoms with Gasteiger partial charge in [-0.25, -0.2) is 4.79 Å². The largest absolute Gasteiger partial charge is 0.508 e. The number of hydrogen-bond acceptors (Lipinski definition) is 2. The van der Waals surface area contributed by atoms with Gasteiger partial charge in [-0.2, -0.15) is 0 Å². The average Bonchev–Trinajstić information content (AvgIpc) is 2.72. The zero-order valence-electron chi connectivity index (χ0n) is 12.1. The molecule has 0 aromatic heterocycles.